The second kappa shape index (κ2) is 22.2. The molecule has 0 aliphatic heterocycles. The number of nitrogens with zero attached hydrogens (tertiary/aromatic N) is 3. The Balaban J connectivity index is 0.986. The minimum absolute atomic E-state index is 0.113. The van der Waals surface area contributed by atoms with E-state index in [9.17, 15) is 5.11 Å². The number of pyridine rings is 1. The van der Waals surface area contributed by atoms with Crippen LogP contribution in [0.4, 0.5) is 0 Å². The van der Waals surface area contributed by atoms with Crippen molar-refractivity contribution in [3.63, 3.8) is 0 Å². The minimum Gasteiger partial charge on any atom is -0.507 e. The molecule has 454 valence electrons. The Bertz CT molecular complexity index is 4930. The first kappa shape index (κ1) is 59.9. The number of imidazole rings is 1. The van der Waals surface area contributed by atoms with Gasteiger partial charge in [-0.2, -0.15) is 0 Å². The van der Waals surface area contributed by atoms with Crippen LogP contribution in [0.2, 0.25) is 0 Å². The Morgan fingerprint density at radius 2 is 1.00 bits per heavy atom. The van der Waals surface area contributed by atoms with Crippen molar-refractivity contribution in [1.82, 2.24) is 14.5 Å². The molecule has 4 aromatic heterocycles. The van der Waals surface area contributed by atoms with Gasteiger partial charge in [0.2, 0.25) is 0 Å². The summed E-state index contributed by atoms with van der Waals surface area (Å²) in [5.41, 5.74) is 25.6. The Morgan fingerprint density at radius 1 is 0.422 bits per heavy atom. The van der Waals surface area contributed by atoms with E-state index >= 15 is 0 Å². The number of para-hydroxylation sites is 3. The number of phenols is 1. The quantitative estimate of drug-likeness (QED) is 0.140. The van der Waals surface area contributed by atoms with Gasteiger partial charge in [0.25, 0.3) is 0 Å². The number of fused-ring (bicyclic) bond motifs is 7. The number of aromatic nitrogens is 3. The lowest BCUT2D eigenvalue weighted by Crippen LogP contribution is -2.17. The summed E-state index contributed by atoms with van der Waals surface area (Å²) in [6.45, 7) is 38.5. The first-order valence-corrected chi connectivity index (χ1v) is 32.4. The maximum absolute atomic E-state index is 12.9. The summed E-state index contributed by atoms with van der Waals surface area (Å²) in [6.07, 6.45) is 1.95. The summed E-state index contributed by atoms with van der Waals surface area (Å²) in [5, 5.41) is 17.5. The molecule has 0 fully saturated rings. The summed E-state index contributed by atoms with van der Waals surface area (Å²) < 4.78 is 15.6. The van der Waals surface area contributed by atoms with Crippen LogP contribution in [0.3, 0.4) is 0 Å². The van der Waals surface area contributed by atoms with Crippen molar-refractivity contribution in [3.8, 4) is 78.6 Å². The Morgan fingerprint density at radius 3 is 1.63 bits per heavy atom. The summed E-state index contributed by atoms with van der Waals surface area (Å²) in [5.74, 6) is 1.74. The molecule has 0 unspecified atom stereocenters. The molecule has 0 aliphatic rings. The largest absolute Gasteiger partial charge is 0.507 e. The van der Waals surface area contributed by atoms with E-state index in [0.717, 1.165) is 111 Å². The Labute approximate surface area is 531 Å². The number of furan rings is 2. The molecule has 6 nitrogen and oxygen atoms in total. The molecule has 90 heavy (non-hydrogen) atoms. The molecular formula is C84H85N3O3. The van der Waals surface area contributed by atoms with Gasteiger partial charge >= 0.3 is 0 Å². The fraction of sp³-hybridized carbons (Fsp3) is 0.286. The standard InChI is InChI=1S/C84H85N3O3/c1-47(2)64-46-67-62-24-19-21-28-73(62)90-80(67)75(50(7)8)76(64)52-31-29-51(30-32-52)54-35-36-85-70(42-54)57-37-56(38-58(39-57)82(9,10)11)60-25-22-26-71-77(60)86-81(68-44-59(83(12,13)14)45-69(79(68)88)84(15,16)17)87(71)78-65(48(3)4)40-55(41-66(78)49(5)6)53-33-34-63-61-23-18-20-27-72(61)89-74(63)43-53/h18-50,88H,1-17H3. The zero-order valence-corrected chi connectivity index (χ0v) is 55.7. The summed E-state index contributed by atoms with van der Waals surface area (Å²) in [4.78, 5) is 11.0. The summed E-state index contributed by atoms with van der Waals surface area (Å²) in [6, 6.07) is 61.9. The highest BCUT2D eigenvalue weighted by Gasteiger charge is 2.32. The van der Waals surface area contributed by atoms with Gasteiger partial charge in [0, 0.05) is 50.0 Å². The predicted molar refractivity (Wildman–Crippen MR) is 380 cm³/mol. The van der Waals surface area contributed by atoms with E-state index in [0.29, 0.717) is 17.3 Å². The lowest BCUT2D eigenvalue weighted by Gasteiger charge is -2.28. The normalized spacial score (nSPS) is 12.7. The van der Waals surface area contributed by atoms with Crippen LogP contribution < -0.4 is 0 Å². The van der Waals surface area contributed by atoms with E-state index in [-0.39, 0.29) is 39.7 Å². The van der Waals surface area contributed by atoms with Crippen molar-refractivity contribution in [2.75, 3.05) is 0 Å². The molecule has 6 heteroatoms. The third kappa shape index (κ3) is 10.5. The maximum atomic E-state index is 12.9. The molecule has 0 amide bonds. The fourth-order valence-electron chi connectivity index (χ4n) is 13.6. The van der Waals surface area contributed by atoms with Crippen molar-refractivity contribution in [3.05, 3.63) is 215 Å². The van der Waals surface area contributed by atoms with Gasteiger partial charge in [0.1, 0.15) is 33.9 Å². The average Bonchev–Trinajstić information content (AvgIpc) is 1.52. The number of rotatable bonds is 11. The van der Waals surface area contributed by atoms with Gasteiger partial charge in [-0.05, 0) is 186 Å². The molecule has 0 spiro atoms. The topological polar surface area (TPSA) is 77.2 Å². The van der Waals surface area contributed by atoms with Crippen LogP contribution in [0.5, 0.6) is 5.75 Å². The van der Waals surface area contributed by atoms with E-state index in [2.05, 4.69) is 280 Å². The average molecular weight is 1180 g/mol. The van der Waals surface area contributed by atoms with E-state index in [4.69, 9.17) is 18.8 Å². The Kier molecular flexibility index (Phi) is 14.8. The van der Waals surface area contributed by atoms with Gasteiger partial charge < -0.3 is 13.9 Å². The van der Waals surface area contributed by atoms with Crippen LogP contribution in [-0.2, 0) is 16.2 Å². The van der Waals surface area contributed by atoms with Gasteiger partial charge in [-0.15, -0.1) is 0 Å². The number of hydrogen-bond acceptors (Lipinski definition) is 5. The third-order valence-corrected chi connectivity index (χ3v) is 18.7. The second-order valence-corrected chi connectivity index (χ2v) is 29.6. The number of phenolic OH excluding ortho intramolecular Hbond substituents is 1. The predicted octanol–water partition coefficient (Wildman–Crippen LogP) is 24.3. The lowest BCUT2D eigenvalue weighted by molar-refractivity contribution is 0.446. The molecule has 1 N–H and O–H groups in total. The zero-order valence-electron chi connectivity index (χ0n) is 55.7. The van der Waals surface area contributed by atoms with E-state index < -0.39 is 0 Å². The van der Waals surface area contributed by atoms with E-state index in [1.54, 1.807) is 0 Å². The Hall–Kier alpha value is -9.00. The van der Waals surface area contributed by atoms with Gasteiger partial charge in [0.05, 0.1) is 28.0 Å². The monoisotopic (exact) mass is 1180 g/mol. The lowest BCUT2D eigenvalue weighted by atomic mass is 9.78. The SMILES string of the molecule is CC(C)c1cc2c(oc3ccccc32)c(C(C)C)c1-c1ccc(-c2ccnc(-c3cc(-c4cccc5c4nc(-c4cc(C(C)(C)C)cc(C(C)(C)C)c4O)n5-c4c(C(C)C)cc(-c5ccc6c(c5)oc5ccccc56)cc4C(C)C)cc(C(C)(C)C)c3)c2)cc1. The van der Waals surface area contributed by atoms with Crippen molar-refractivity contribution < 1.29 is 13.9 Å². The van der Waals surface area contributed by atoms with Crippen molar-refractivity contribution in [1.29, 1.82) is 0 Å². The number of hydrogen-bond donors (Lipinski definition) is 1. The number of benzene rings is 9. The van der Waals surface area contributed by atoms with Crippen molar-refractivity contribution >= 4 is 54.9 Å². The molecule has 0 atom stereocenters. The van der Waals surface area contributed by atoms with Crippen LogP contribution >= 0.6 is 0 Å². The zero-order chi connectivity index (χ0) is 63.6. The summed E-state index contributed by atoms with van der Waals surface area (Å²) in [7, 11) is 0. The molecular weight excluding hydrogens is 1100 g/mol. The third-order valence-electron chi connectivity index (χ3n) is 18.7. The van der Waals surface area contributed by atoms with Crippen LogP contribution in [0.15, 0.2) is 185 Å². The van der Waals surface area contributed by atoms with Gasteiger partial charge in [-0.1, -0.05) is 209 Å². The van der Waals surface area contributed by atoms with Crippen LogP contribution in [-0.4, -0.2) is 19.6 Å². The molecule has 4 heterocycles. The first-order valence-electron chi connectivity index (χ1n) is 32.4. The minimum atomic E-state index is -0.364. The molecule has 0 saturated heterocycles. The highest BCUT2D eigenvalue weighted by Crippen LogP contribution is 2.49. The van der Waals surface area contributed by atoms with Crippen molar-refractivity contribution in [2.24, 2.45) is 0 Å². The van der Waals surface area contributed by atoms with Crippen LogP contribution in [0.1, 0.15) is 180 Å². The highest BCUT2D eigenvalue weighted by molar-refractivity contribution is 6.09. The molecule has 0 aliphatic carbocycles. The van der Waals surface area contributed by atoms with Crippen molar-refractivity contribution in [2.45, 2.75) is 158 Å². The van der Waals surface area contributed by atoms with E-state index in [1.807, 2.05) is 18.3 Å². The van der Waals surface area contributed by atoms with Gasteiger partial charge in [-0.25, -0.2) is 4.98 Å². The van der Waals surface area contributed by atoms with Gasteiger partial charge in [0.15, 0.2) is 0 Å². The highest BCUT2D eigenvalue weighted by atomic mass is 16.3. The molecule has 0 radical (unpaired) electrons. The second-order valence-electron chi connectivity index (χ2n) is 29.6. The smallest absolute Gasteiger partial charge is 0.149 e. The molecule has 9 aromatic carbocycles. The van der Waals surface area contributed by atoms with E-state index in [1.165, 1.54) is 44.3 Å². The fourth-order valence-corrected chi connectivity index (χ4v) is 13.6. The number of aromatic hydroxyl groups is 1. The van der Waals surface area contributed by atoms with Gasteiger partial charge in [-0.3, -0.25) is 9.55 Å². The molecule has 13 rings (SSSR count). The molecule has 0 bridgehead atoms. The van der Waals surface area contributed by atoms with Crippen LogP contribution in [0, 0.1) is 0 Å². The maximum Gasteiger partial charge on any atom is 0.149 e. The molecule has 13 aromatic rings. The summed E-state index contributed by atoms with van der Waals surface area (Å²) >= 11 is 0. The first-order chi connectivity index (χ1) is 42.7. The molecule has 0 saturated carbocycles. The van der Waals surface area contributed by atoms with Crippen LogP contribution in [0.25, 0.3) is 128 Å².